The fourth-order valence-corrected chi connectivity index (χ4v) is 4.57. The molecule has 0 fully saturated rings. The Balaban J connectivity index is 1.54. The minimum Gasteiger partial charge on any atom is -0.484 e. The summed E-state index contributed by atoms with van der Waals surface area (Å²) in [5.74, 6) is 0.00603. The van der Waals surface area contributed by atoms with Crippen LogP contribution in [0.4, 0.5) is 5.69 Å². The van der Waals surface area contributed by atoms with Crippen molar-refractivity contribution in [2.75, 3.05) is 11.9 Å². The average molecular weight is 472 g/mol. The van der Waals surface area contributed by atoms with Gasteiger partial charge in [0.15, 0.2) is 12.4 Å². The number of carbonyl (C=O) groups is 2. The van der Waals surface area contributed by atoms with Crippen molar-refractivity contribution in [3.05, 3.63) is 82.4 Å². The van der Waals surface area contributed by atoms with Crippen molar-refractivity contribution in [2.24, 2.45) is 11.1 Å². The summed E-state index contributed by atoms with van der Waals surface area (Å²) in [7, 11) is 0. The standard InChI is InChI=1S/C28H29N3O4/c1-4-17-8-10-19(11-9-17)31-24(33)16-34-20-7-5-6-18(12-20)25-21(15-29)27(30)35-23-14-28(2,3)13-22(32)26(23)25/h5-12,25H,4,13-14,16,30H2,1-3H3,(H,31,33). The number of hydrogen-bond acceptors (Lipinski definition) is 6. The van der Waals surface area contributed by atoms with E-state index in [9.17, 15) is 14.9 Å². The van der Waals surface area contributed by atoms with Crippen molar-refractivity contribution in [3.63, 3.8) is 0 Å². The SMILES string of the molecule is CCc1ccc(NC(=O)COc2cccc(C3C(C#N)=C(N)OC4=C3C(=O)CC(C)(C)C4)c2)cc1. The number of Topliss-reactive ketones (excluding diaryl/α,β-unsaturated/α-hetero) is 1. The number of carbonyl (C=O) groups excluding carboxylic acids is 2. The Morgan fingerprint density at radius 2 is 1.97 bits per heavy atom. The van der Waals surface area contributed by atoms with Crippen LogP contribution in [-0.2, 0) is 20.7 Å². The Labute approximate surface area is 205 Å². The minimum absolute atomic E-state index is 0.0153. The van der Waals surface area contributed by atoms with Gasteiger partial charge in [0.25, 0.3) is 5.91 Å². The van der Waals surface area contributed by atoms with Crippen LogP contribution in [0.5, 0.6) is 5.75 Å². The Morgan fingerprint density at radius 1 is 1.23 bits per heavy atom. The molecule has 1 aliphatic heterocycles. The zero-order valence-electron chi connectivity index (χ0n) is 20.2. The van der Waals surface area contributed by atoms with E-state index in [1.165, 1.54) is 5.56 Å². The lowest BCUT2D eigenvalue weighted by Gasteiger charge is -2.37. The number of rotatable bonds is 6. The van der Waals surface area contributed by atoms with Crippen LogP contribution >= 0.6 is 0 Å². The van der Waals surface area contributed by atoms with Gasteiger partial charge < -0.3 is 20.5 Å². The van der Waals surface area contributed by atoms with E-state index in [0.29, 0.717) is 41.2 Å². The van der Waals surface area contributed by atoms with Gasteiger partial charge in [-0.2, -0.15) is 5.26 Å². The van der Waals surface area contributed by atoms with Gasteiger partial charge in [0.1, 0.15) is 23.2 Å². The first-order valence-corrected chi connectivity index (χ1v) is 11.7. The number of hydrogen-bond donors (Lipinski definition) is 2. The smallest absolute Gasteiger partial charge is 0.262 e. The molecule has 2 aromatic rings. The van der Waals surface area contributed by atoms with Crippen molar-refractivity contribution < 1.29 is 19.1 Å². The van der Waals surface area contributed by atoms with Gasteiger partial charge in [-0.25, -0.2) is 0 Å². The van der Waals surface area contributed by atoms with Crippen LogP contribution in [0.2, 0.25) is 0 Å². The van der Waals surface area contributed by atoms with Crippen molar-refractivity contribution in [1.82, 2.24) is 0 Å². The molecule has 1 amide bonds. The topological polar surface area (TPSA) is 114 Å². The number of allylic oxidation sites excluding steroid dienone is 3. The van der Waals surface area contributed by atoms with Crippen LogP contribution in [0.15, 0.2) is 71.3 Å². The third-order valence-corrected chi connectivity index (χ3v) is 6.28. The molecule has 1 heterocycles. The van der Waals surface area contributed by atoms with E-state index >= 15 is 0 Å². The molecule has 4 rings (SSSR count). The molecule has 0 bridgehead atoms. The van der Waals surface area contributed by atoms with Gasteiger partial charge in [-0.1, -0.05) is 45.0 Å². The largest absolute Gasteiger partial charge is 0.484 e. The maximum Gasteiger partial charge on any atom is 0.262 e. The third-order valence-electron chi connectivity index (χ3n) is 6.28. The Kier molecular flexibility index (Phi) is 6.65. The van der Waals surface area contributed by atoms with Crippen molar-refractivity contribution in [2.45, 2.75) is 46.0 Å². The van der Waals surface area contributed by atoms with Gasteiger partial charge in [0.2, 0.25) is 5.88 Å². The first kappa shape index (κ1) is 24.1. The number of benzene rings is 2. The highest BCUT2D eigenvalue weighted by Gasteiger charge is 2.43. The molecular formula is C28H29N3O4. The van der Waals surface area contributed by atoms with E-state index < -0.39 is 5.92 Å². The van der Waals surface area contributed by atoms with E-state index in [1.54, 1.807) is 18.2 Å². The number of ketones is 1. The average Bonchev–Trinajstić information content (AvgIpc) is 2.82. The summed E-state index contributed by atoms with van der Waals surface area (Å²) < 4.78 is 11.5. The summed E-state index contributed by atoms with van der Waals surface area (Å²) in [4.78, 5) is 25.5. The lowest BCUT2D eigenvalue weighted by atomic mass is 9.70. The van der Waals surface area contributed by atoms with Gasteiger partial charge in [-0.15, -0.1) is 0 Å². The number of nitrogens with one attached hydrogen (secondary N) is 1. The van der Waals surface area contributed by atoms with Crippen LogP contribution < -0.4 is 15.8 Å². The highest BCUT2D eigenvalue weighted by atomic mass is 16.5. The number of ether oxygens (including phenoxy) is 2. The number of aryl methyl sites for hydroxylation is 1. The fourth-order valence-electron chi connectivity index (χ4n) is 4.57. The van der Waals surface area contributed by atoms with E-state index in [0.717, 1.165) is 6.42 Å². The second kappa shape index (κ2) is 9.67. The molecule has 7 heteroatoms. The second-order valence-electron chi connectivity index (χ2n) is 9.66. The molecule has 35 heavy (non-hydrogen) atoms. The predicted molar refractivity (Wildman–Crippen MR) is 132 cm³/mol. The van der Waals surface area contributed by atoms with E-state index in [-0.39, 0.29) is 35.2 Å². The number of nitrogens with two attached hydrogens (primary N) is 1. The van der Waals surface area contributed by atoms with E-state index in [4.69, 9.17) is 15.2 Å². The maximum absolute atomic E-state index is 13.1. The van der Waals surface area contributed by atoms with E-state index in [1.807, 2.05) is 44.2 Å². The molecule has 0 spiro atoms. The summed E-state index contributed by atoms with van der Waals surface area (Å²) in [6.45, 7) is 5.90. The van der Waals surface area contributed by atoms with Crippen LogP contribution in [0, 0.1) is 16.7 Å². The second-order valence-corrected chi connectivity index (χ2v) is 9.66. The first-order chi connectivity index (χ1) is 16.7. The normalized spacial score (nSPS) is 18.9. The van der Waals surface area contributed by atoms with Crippen molar-refractivity contribution >= 4 is 17.4 Å². The lowest BCUT2D eigenvalue weighted by molar-refractivity contribution is -0.119. The lowest BCUT2D eigenvalue weighted by Crippen LogP contribution is -2.33. The molecule has 1 aliphatic carbocycles. The highest BCUT2D eigenvalue weighted by molar-refractivity contribution is 6.00. The van der Waals surface area contributed by atoms with Crippen LogP contribution in [-0.4, -0.2) is 18.3 Å². The molecule has 180 valence electrons. The third kappa shape index (κ3) is 5.22. The number of nitriles is 1. The summed E-state index contributed by atoms with van der Waals surface area (Å²) in [5, 5.41) is 12.6. The molecule has 2 aliphatic rings. The maximum atomic E-state index is 13.1. The zero-order chi connectivity index (χ0) is 25.2. The van der Waals surface area contributed by atoms with Gasteiger partial charge in [-0.05, 0) is 47.2 Å². The van der Waals surface area contributed by atoms with E-state index in [2.05, 4.69) is 18.3 Å². The van der Waals surface area contributed by atoms with Gasteiger partial charge in [0, 0.05) is 24.1 Å². The molecule has 1 atom stereocenters. The zero-order valence-corrected chi connectivity index (χ0v) is 20.2. The monoisotopic (exact) mass is 471 g/mol. The quantitative estimate of drug-likeness (QED) is 0.630. The summed E-state index contributed by atoms with van der Waals surface area (Å²) >= 11 is 0. The highest BCUT2D eigenvalue weighted by Crippen LogP contribution is 2.48. The number of nitrogens with zero attached hydrogens (tertiary/aromatic N) is 1. The number of anilines is 1. The Morgan fingerprint density at radius 3 is 2.66 bits per heavy atom. The van der Waals surface area contributed by atoms with Gasteiger partial charge in [0.05, 0.1) is 5.92 Å². The Bertz CT molecular complexity index is 1270. The molecule has 0 saturated carbocycles. The Hall–Kier alpha value is -4.05. The molecule has 3 N–H and O–H groups in total. The van der Waals surface area contributed by atoms with Gasteiger partial charge >= 0.3 is 0 Å². The molecule has 1 unspecified atom stereocenters. The first-order valence-electron chi connectivity index (χ1n) is 11.7. The summed E-state index contributed by atoms with van der Waals surface area (Å²) in [6, 6.07) is 16.8. The van der Waals surface area contributed by atoms with Crippen LogP contribution in [0.3, 0.4) is 0 Å². The van der Waals surface area contributed by atoms with Crippen molar-refractivity contribution in [1.29, 1.82) is 5.26 Å². The number of amides is 1. The van der Waals surface area contributed by atoms with Crippen LogP contribution in [0.1, 0.15) is 50.7 Å². The summed E-state index contributed by atoms with van der Waals surface area (Å²) in [6.07, 6.45) is 1.84. The molecule has 0 radical (unpaired) electrons. The molecule has 0 aromatic heterocycles. The van der Waals surface area contributed by atoms with Gasteiger partial charge in [-0.3, -0.25) is 9.59 Å². The molecule has 7 nitrogen and oxygen atoms in total. The van der Waals surface area contributed by atoms with Crippen LogP contribution in [0.25, 0.3) is 0 Å². The fraction of sp³-hybridized carbons (Fsp3) is 0.321. The molecule has 0 saturated heterocycles. The minimum atomic E-state index is -0.637. The predicted octanol–water partition coefficient (Wildman–Crippen LogP) is 4.72. The molecular weight excluding hydrogens is 442 g/mol. The summed E-state index contributed by atoms with van der Waals surface area (Å²) in [5.41, 5.74) is 9.08. The van der Waals surface area contributed by atoms with Crippen molar-refractivity contribution in [3.8, 4) is 11.8 Å². The molecule has 2 aromatic carbocycles.